The second kappa shape index (κ2) is 9.54. The van der Waals surface area contributed by atoms with Crippen molar-refractivity contribution >= 4 is 28.6 Å². The molecule has 6 heteroatoms. The Morgan fingerprint density at radius 3 is 2.45 bits per heavy atom. The molecule has 0 unspecified atom stereocenters. The number of carbonyl (C=O) groups is 3. The number of nitrogens with one attached hydrogen (secondary N) is 1. The smallest absolute Gasteiger partial charge is 0.325 e. The first kappa shape index (κ1) is 20.8. The molecule has 1 N–H and O–H groups in total. The summed E-state index contributed by atoms with van der Waals surface area (Å²) in [6.45, 7) is 1.66. The molecule has 0 aromatic heterocycles. The van der Waals surface area contributed by atoms with Crippen LogP contribution in [-0.2, 0) is 14.3 Å². The first-order valence-electron chi connectivity index (χ1n) is 10.1. The van der Waals surface area contributed by atoms with E-state index in [0.717, 1.165) is 36.5 Å². The van der Waals surface area contributed by atoms with Gasteiger partial charge in [0.2, 0.25) is 0 Å². The minimum atomic E-state index is -0.627. The summed E-state index contributed by atoms with van der Waals surface area (Å²) in [4.78, 5) is 38.2. The Labute approximate surface area is 171 Å². The number of hydrogen-bond donors (Lipinski definition) is 1. The van der Waals surface area contributed by atoms with Crippen molar-refractivity contribution in [2.24, 2.45) is 5.92 Å². The summed E-state index contributed by atoms with van der Waals surface area (Å²) < 4.78 is 5.05. The number of ether oxygens (including phenoxy) is 1. The molecule has 1 fully saturated rings. The second-order valence-corrected chi connectivity index (χ2v) is 7.82. The van der Waals surface area contributed by atoms with E-state index >= 15 is 0 Å². The van der Waals surface area contributed by atoms with E-state index in [1.165, 1.54) is 0 Å². The minimum absolute atomic E-state index is 0.209. The lowest BCUT2D eigenvalue weighted by Crippen LogP contribution is -2.42. The van der Waals surface area contributed by atoms with E-state index in [4.69, 9.17) is 4.74 Å². The lowest BCUT2D eigenvalue weighted by atomic mass is 9.87. The number of likely N-dealkylation sites (N-methyl/N-ethyl adjacent to an activating group) is 1. The Hall–Kier alpha value is -2.89. The van der Waals surface area contributed by atoms with Gasteiger partial charge in [0.25, 0.3) is 11.8 Å². The summed E-state index contributed by atoms with van der Waals surface area (Å²) >= 11 is 0. The van der Waals surface area contributed by atoms with Crippen LogP contribution in [-0.4, -0.2) is 48.9 Å². The van der Waals surface area contributed by atoms with Gasteiger partial charge in [-0.1, -0.05) is 37.3 Å². The van der Waals surface area contributed by atoms with Crippen molar-refractivity contribution in [3.63, 3.8) is 0 Å². The van der Waals surface area contributed by atoms with Gasteiger partial charge in [0.05, 0.1) is 0 Å². The van der Waals surface area contributed by atoms with E-state index in [-0.39, 0.29) is 31.0 Å². The summed E-state index contributed by atoms with van der Waals surface area (Å²) in [5.74, 6) is -0.483. The van der Waals surface area contributed by atoms with Crippen molar-refractivity contribution in [3.8, 4) is 0 Å². The predicted octanol–water partition coefficient (Wildman–Crippen LogP) is 3.15. The van der Waals surface area contributed by atoms with E-state index in [1.54, 1.807) is 24.1 Å². The van der Waals surface area contributed by atoms with E-state index in [2.05, 4.69) is 12.2 Å². The molecule has 0 spiro atoms. The lowest BCUT2D eigenvalue weighted by molar-refractivity contribution is -0.151. The van der Waals surface area contributed by atoms with Gasteiger partial charge in [-0.15, -0.1) is 0 Å². The quantitative estimate of drug-likeness (QED) is 0.761. The Morgan fingerprint density at radius 2 is 1.72 bits per heavy atom. The molecule has 6 nitrogen and oxygen atoms in total. The van der Waals surface area contributed by atoms with Gasteiger partial charge in [0, 0.05) is 18.7 Å². The molecule has 0 radical (unpaired) electrons. The summed E-state index contributed by atoms with van der Waals surface area (Å²) in [6.07, 6.45) is 4.20. The van der Waals surface area contributed by atoms with Crippen LogP contribution >= 0.6 is 0 Å². The first-order chi connectivity index (χ1) is 13.9. The molecule has 2 aromatic carbocycles. The maximum absolute atomic E-state index is 12.3. The monoisotopic (exact) mass is 396 g/mol. The highest BCUT2D eigenvalue weighted by Crippen LogP contribution is 2.26. The van der Waals surface area contributed by atoms with Crippen molar-refractivity contribution in [1.82, 2.24) is 10.2 Å². The Balaban J connectivity index is 1.43. The Bertz CT molecular complexity index is 887. The number of carbonyl (C=O) groups excluding carboxylic acids is 3. The number of rotatable bonds is 6. The molecule has 0 atom stereocenters. The van der Waals surface area contributed by atoms with Crippen molar-refractivity contribution in [2.45, 2.75) is 38.6 Å². The molecule has 0 bridgehead atoms. The van der Waals surface area contributed by atoms with Gasteiger partial charge in [-0.3, -0.25) is 14.4 Å². The highest BCUT2D eigenvalue weighted by molar-refractivity contribution is 5.99. The number of nitrogens with zero attached hydrogens (tertiary/aromatic N) is 1. The van der Waals surface area contributed by atoms with Crippen LogP contribution in [0.25, 0.3) is 10.8 Å². The SMILES string of the molecule is CC1CCC(N(C)C(=O)COC(=O)CNC(=O)c2ccc3ccccc3c2)CC1. The number of amides is 2. The van der Waals surface area contributed by atoms with Crippen molar-refractivity contribution in [1.29, 1.82) is 0 Å². The molecule has 0 aliphatic heterocycles. The molecule has 154 valence electrons. The zero-order valence-electron chi connectivity index (χ0n) is 17.0. The molecular weight excluding hydrogens is 368 g/mol. The maximum atomic E-state index is 12.3. The van der Waals surface area contributed by atoms with Crippen LogP contribution in [0.2, 0.25) is 0 Å². The number of esters is 1. The highest BCUT2D eigenvalue weighted by Gasteiger charge is 2.25. The van der Waals surface area contributed by atoms with E-state index < -0.39 is 5.97 Å². The summed E-state index contributed by atoms with van der Waals surface area (Å²) in [6, 6.07) is 13.3. The van der Waals surface area contributed by atoms with Crippen molar-refractivity contribution in [2.75, 3.05) is 20.2 Å². The molecule has 2 amide bonds. The molecule has 0 saturated heterocycles. The lowest BCUT2D eigenvalue weighted by Gasteiger charge is -2.33. The molecule has 1 aliphatic rings. The van der Waals surface area contributed by atoms with Crippen LogP contribution in [0, 0.1) is 5.92 Å². The highest BCUT2D eigenvalue weighted by atomic mass is 16.5. The van der Waals surface area contributed by atoms with Gasteiger partial charge in [-0.25, -0.2) is 0 Å². The largest absolute Gasteiger partial charge is 0.454 e. The standard InChI is InChI=1S/C23H28N2O4/c1-16-7-11-20(12-8-16)25(2)21(26)15-29-22(27)14-24-23(28)19-10-9-17-5-3-4-6-18(17)13-19/h3-6,9-10,13,16,20H,7-8,11-12,14-15H2,1-2H3,(H,24,28). The Kier molecular flexibility index (Phi) is 6.86. The summed E-state index contributed by atoms with van der Waals surface area (Å²) in [5, 5.41) is 4.54. The normalized spacial score (nSPS) is 18.8. The topological polar surface area (TPSA) is 75.7 Å². The fourth-order valence-electron chi connectivity index (χ4n) is 3.71. The van der Waals surface area contributed by atoms with Gasteiger partial charge in [-0.05, 0) is 54.5 Å². The summed E-state index contributed by atoms with van der Waals surface area (Å²) in [5.41, 5.74) is 0.471. The van der Waals surface area contributed by atoms with Gasteiger partial charge in [0.1, 0.15) is 6.54 Å². The molecule has 29 heavy (non-hydrogen) atoms. The molecule has 0 heterocycles. The molecular formula is C23H28N2O4. The fourth-order valence-corrected chi connectivity index (χ4v) is 3.71. The van der Waals surface area contributed by atoms with Crippen molar-refractivity contribution < 1.29 is 19.1 Å². The fraction of sp³-hybridized carbons (Fsp3) is 0.435. The zero-order chi connectivity index (χ0) is 20.8. The van der Waals surface area contributed by atoms with Crippen LogP contribution in [0.15, 0.2) is 42.5 Å². The van der Waals surface area contributed by atoms with Crippen molar-refractivity contribution in [3.05, 3.63) is 48.0 Å². The number of fused-ring (bicyclic) bond motifs is 1. The third kappa shape index (κ3) is 5.56. The van der Waals surface area contributed by atoms with Gasteiger partial charge < -0.3 is 15.0 Å². The molecule has 1 saturated carbocycles. The molecule has 2 aromatic rings. The maximum Gasteiger partial charge on any atom is 0.325 e. The predicted molar refractivity (Wildman–Crippen MR) is 111 cm³/mol. The molecule has 3 rings (SSSR count). The van der Waals surface area contributed by atoms with Crippen LogP contribution < -0.4 is 5.32 Å². The molecule has 1 aliphatic carbocycles. The van der Waals surface area contributed by atoms with E-state index in [9.17, 15) is 14.4 Å². The van der Waals surface area contributed by atoms with Crippen LogP contribution in [0.1, 0.15) is 43.0 Å². The van der Waals surface area contributed by atoms with Gasteiger partial charge in [-0.2, -0.15) is 0 Å². The zero-order valence-corrected chi connectivity index (χ0v) is 17.0. The average molecular weight is 396 g/mol. The average Bonchev–Trinajstić information content (AvgIpc) is 2.75. The van der Waals surface area contributed by atoms with Crippen LogP contribution in [0.3, 0.4) is 0 Å². The van der Waals surface area contributed by atoms with E-state index in [1.807, 2.05) is 30.3 Å². The second-order valence-electron chi connectivity index (χ2n) is 7.82. The number of hydrogen-bond acceptors (Lipinski definition) is 4. The van der Waals surface area contributed by atoms with Crippen LogP contribution in [0.5, 0.6) is 0 Å². The Morgan fingerprint density at radius 1 is 1.03 bits per heavy atom. The minimum Gasteiger partial charge on any atom is -0.454 e. The summed E-state index contributed by atoms with van der Waals surface area (Å²) in [7, 11) is 1.76. The third-order valence-corrected chi connectivity index (χ3v) is 5.69. The number of benzene rings is 2. The van der Waals surface area contributed by atoms with Gasteiger partial charge >= 0.3 is 5.97 Å². The third-order valence-electron chi connectivity index (χ3n) is 5.69. The van der Waals surface area contributed by atoms with E-state index in [0.29, 0.717) is 11.5 Å². The first-order valence-corrected chi connectivity index (χ1v) is 10.1. The van der Waals surface area contributed by atoms with Crippen LogP contribution in [0.4, 0.5) is 0 Å². The van der Waals surface area contributed by atoms with Gasteiger partial charge in [0.15, 0.2) is 6.61 Å².